The predicted octanol–water partition coefficient (Wildman–Crippen LogP) is 4.18. The molecule has 26 heavy (non-hydrogen) atoms. The number of nitrogens with two attached hydrogens (primary N) is 1. The molecule has 0 amide bonds. The van der Waals surface area contributed by atoms with Gasteiger partial charge in [0.05, 0.1) is 0 Å². The van der Waals surface area contributed by atoms with E-state index in [1.165, 1.54) is 11.1 Å². The van der Waals surface area contributed by atoms with Gasteiger partial charge in [-0.3, -0.25) is 0 Å². The second kappa shape index (κ2) is 8.34. The average molecular weight is 362 g/mol. The fraction of sp³-hybridized carbons (Fsp3) is 0.636. The van der Waals surface area contributed by atoms with Crippen molar-refractivity contribution in [3.05, 3.63) is 35.4 Å². The Morgan fingerprint density at radius 3 is 2.04 bits per heavy atom. The first-order chi connectivity index (χ1) is 11.8. The second-order valence-corrected chi connectivity index (χ2v) is 9.29. The van der Waals surface area contributed by atoms with Crippen LogP contribution in [0, 0.1) is 5.92 Å². The summed E-state index contributed by atoms with van der Waals surface area (Å²) in [4.78, 5) is 24.0. The van der Waals surface area contributed by atoms with Crippen molar-refractivity contribution in [1.82, 2.24) is 0 Å². The Balaban J connectivity index is 2.87. The SMILES string of the molecule is CC[C@H](Cc1ccc(C(C)(C)C)cc1)C[C@](N)(C=O)C(=O)OC(C)(C)C. The molecule has 1 aromatic carbocycles. The lowest BCUT2D eigenvalue weighted by Gasteiger charge is -2.30. The number of esters is 1. The maximum Gasteiger partial charge on any atom is 0.334 e. The number of ether oxygens (including phenoxy) is 1. The minimum atomic E-state index is -1.60. The van der Waals surface area contributed by atoms with E-state index in [0.717, 1.165) is 12.8 Å². The summed E-state index contributed by atoms with van der Waals surface area (Å²) in [6.07, 6.45) is 2.42. The molecule has 0 aromatic heterocycles. The molecule has 0 unspecified atom stereocenters. The van der Waals surface area contributed by atoms with Crippen LogP contribution in [0.15, 0.2) is 24.3 Å². The van der Waals surface area contributed by atoms with Gasteiger partial charge in [-0.2, -0.15) is 0 Å². The third-order valence-corrected chi connectivity index (χ3v) is 4.54. The Kier molecular flexibility index (Phi) is 7.17. The lowest BCUT2D eigenvalue weighted by atomic mass is 9.82. The number of hydrogen-bond acceptors (Lipinski definition) is 4. The van der Waals surface area contributed by atoms with Crippen LogP contribution in [0.1, 0.15) is 72.4 Å². The van der Waals surface area contributed by atoms with E-state index in [2.05, 4.69) is 52.0 Å². The first-order valence-electron chi connectivity index (χ1n) is 9.39. The van der Waals surface area contributed by atoms with Crippen LogP contribution < -0.4 is 5.73 Å². The number of aldehydes is 1. The number of benzene rings is 1. The first-order valence-corrected chi connectivity index (χ1v) is 9.39. The summed E-state index contributed by atoms with van der Waals surface area (Å²) in [6.45, 7) is 13.9. The lowest BCUT2D eigenvalue weighted by molar-refractivity contribution is -0.162. The van der Waals surface area contributed by atoms with Gasteiger partial charge < -0.3 is 15.3 Å². The van der Waals surface area contributed by atoms with Gasteiger partial charge in [0.15, 0.2) is 11.8 Å². The van der Waals surface area contributed by atoms with Crippen molar-refractivity contribution in [2.24, 2.45) is 11.7 Å². The Bertz CT molecular complexity index is 608. The van der Waals surface area contributed by atoms with E-state index >= 15 is 0 Å². The quantitative estimate of drug-likeness (QED) is 0.449. The number of carbonyl (C=O) groups excluding carboxylic acids is 2. The van der Waals surface area contributed by atoms with Gasteiger partial charge in [-0.1, -0.05) is 58.4 Å². The molecule has 1 rings (SSSR count). The molecule has 2 N–H and O–H groups in total. The fourth-order valence-corrected chi connectivity index (χ4v) is 2.87. The molecule has 0 saturated carbocycles. The molecule has 0 aliphatic carbocycles. The highest BCUT2D eigenvalue weighted by atomic mass is 16.6. The first kappa shape index (κ1) is 22.4. The van der Waals surface area contributed by atoms with Gasteiger partial charge in [-0.25, -0.2) is 4.79 Å². The minimum absolute atomic E-state index is 0.114. The molecular formula is C22H35NO3. The largest absolute Gasteiger partial charge is 0.458 e. The van der Waals surface area contributed by atoms with Crippen molar-refractivity contribution in [3.8, 4) is 0 Å². The standard InChI is InChI=1S/C22H35NO3/c1-8-16(13-17-9-11-18(12-10-17)20(2,3)4)14-22(23,15-24)19(25)26-21(5,6)7/h9-12,15-16H,8,13-14,23H2,1-7H3/t16-,22+/m1/s1. The molecule has 146 valence electrons. The van der Waals surface area contributed by atoms with Crippen LogP contribution in [0.4, 0.5) is 0 Å². The average Bonchev–Trinajstić information content (AvgIpc) is 2.52. The van der Waals surface area contributed by atoms with Gasteiger partial charge in [-0.05, 0) is 56.1 Å². The molecule has 1 aromatic rings. The van der Waals surface area contributed by atoms with Crippen LogP contribution >= 0.6 is 0 Å². The summed E-state index contributed by atoms with van der Waals surface area (Å²) in [5, 5.41) is 0. The van der Waals surface area contributed by atoms with Crippen molar-refractivity contribution < 1.29 is 14.3 Å². The van der Waals surface area contributed by atoms with E-state index in [9.17, 15) is 9.59 Å². The molecular weight excluding hydrogens is 326 g/mol. The molecule has 0 heterocycles. The molecule has 0 spiro atoms. The molecule has 0 radical (unpaired) electrons. The zero-order chi connectivity index (χ0) is 20.2. The van der Waals surface area contributed by atoms with Crippen molar-refractivity contribution in [3.63, 3.8) is 0 Å². The predicted molar refractivity (Wildman–Crippen MR) is 106 cm³/mol. The zero-order valence-corrected chi connectivity index (χ0v) is 17.4. The van der Waals surface area contributed by atoms with Gasteiger partial charge in [0.1, 0.15) is 5.60 Å². The van der Waals surface area contributed by atoms with Crippen LogP contribution in [0.3, 0.4) is 0 Å². The van der Waals surface area contributed by atoms with Crippen LogP contribution in [0.25, 0.3) is 0 Å². The van der Waals surface area contributed by atoms with Gasteiger partial charge in [0.2, 0.25) is 0 Å². The Hall–Kier alpha value is -1.68. The Labute approximate surface area is 158 Å². The van der Waals surface area contributed by atoms with Gasteiger partial charge in [-0.15, -0.1) is 0 Å². The fourth-order valence-electron chi connectivity index (χ4n) is 2.87. The highest BCUT2D eigenvalue weighted by Gasteiger charge is 2.39. The number of hydrogen-bond donors (Lipinski definition) is 1. The third kappa shape index (κ3) is 6.56. The summed E-state index contributed by atoms with van der Waals surface area (Å²) in [7, 11) is 0. The third-order valence-electron chi connectivity index (χ3n) is 4.54. The van der Waals surface area contributed by atoms with E-state index in [1.807, 2.05) is 0 Å². The van der Waals surface area contributed by atoms with E-state index < -0.39 is 17.1 Å². The highest BCUT2D eigenvalue weighted by molar-refractivity contribution is 5.98. The smallest absolute Gasteiger partial charge is 0.334 e. The molecule has 0 fully saturated rings. The Morgan fingerprint density at radius 1 is 1.12 bits per heavy atom. The van der Waals surface area contributed by atoms with Crippen LogP contribution in [0.5, 0.6) is 0 Å². The summed E-state index contributed by atoms with van der Waals surface area (Å²) in [6, 6.07) is 8.53. The van der Waals surface area contributed by atoms with Crippen LogP contribution in [0.2, 0.25) is 0 Å². The molecule has 0 saturated heterocycles. The second-order valence-electron chi connectivity index (χ2n) is 9.29. The van der Waals surface area contributed by atoms with Gasteiger partial charge in [0.25, 0.3) is 0 Å². The molecule has 0 bridgehead atoms. The lowest BCUT2D eigenvalue weighted by Crippen LogP contribution is -2.53. The van der Waals surface area contributed by atoms with Crippen molar-refractivity contribution in [1.29, 1.82) is 0 Å². The zero-order valence-electron chi connectivity index (χ0n) is 17.4. The summed E-state index contributed by atoms with van der Waals surface area (Å²) in [5.41, 5.74) is 6.43. The summed E-state index contributed by atoms with van der Waals surface area (Å²) in [5.74, 6) is -0.528. The summed E-state index contributed by atoms with van der Waals surface area (Å²) < 4.78 is 5.35. The molecule has 4 nitrogen and oxygen atoms in total. The maximum absolute atomic E-state index is 12.4. The molecule has 4 heteroatoms. The van der Waals surface area contributed by atoms with Crippen LogP contribution in [-0.4, -0.2) is 23.4 Å². The molecule has 0 aliphatic heterocycles. The normalized spacial score (nSPS) is 15.8. The molecule has 2 atom stereocenters. The van der Waals surface area contributed by atoms with E-state index in [4.69, 9.17) is 10.5 Å². The van der Waals surface area contributed by atoms with Gasteiger partial charge >= 0.3 is 5.97 Å². The van der Waals surface area contributed by atoms with Crippen molar-refractivity contribution >= 4 is 12.3 Å². The molecule has 0 aliphatic rings. The number of rotatable bonds is 7. The Morgan fingerprint density at radius 2 is 1.65 bits per heavy atom. The van der Waals surface area contributed by atoms with Crippen molar-refractivity contribution in [2.75, 3.05) is 0 Å². The monoisotopic (exact) mass is 361 g/mol. The maximum atomic E-state index is 12.4. The van der Waals surface area contributed by atoms with E-state index in [1.54, 1.807) is 20.8 Å². The van der Waals surface area contributed by atoms with Crippen molar-refractivity contribution in [2.45, 2.75) is 84.3 Å². The summed E-state index contributed by atoms with van der Waals surface area (Å²) >= 11 is 0. The van der Waals surface area contributed by atoms with Crippen LogP contribution in [-0.2, 0) is 26.2 Å². The van der Waals surface area contributed by atoms with E-state index in [-0.39, 0.29) is 17.8 Å². The highest BCUT2D eigenvalue weighted by Crippen LogP contribution is 2.26. The van der Waals surface area contributed by atoms with E-state index in [0.29, 0.717) is 6.29 Å². The number of carbonyl (C=O) groups is 2. The topological polar surface area (TPSA) is 69.4 Å². The van der Waals surface area contributed by atoms with Gasteiger partial charge in [0, 0.05) is 0 Å². The minimum Gasteiger partial charge on any atom is -0.458 e.